The van der Waals surface area contributed by atoms with E-state index in [1.165, 1.54) is 5.56 Å². The number of benzene rings is 2. The largest absolute Gasteiger partial charge is 0.490 e. The number of hydrogen-bond acceptors (Lipinski definition) is 4. The molecule has 4 rings (SSSR count). The Morgan fingerprint density at radius 3 is 2.68 bits per heavy atom. The Labute approximate surface area is 170 Å². The van der Waals surface area contributed by atoms with Crippen molar-refractivity contribution < 1.29 is 4.74 Å². The molecule has 2 aromatic carbocycles. The van der Waals surface area contributed by atoms with Crippen LogP contribution in [0, 0.1) is 6.92 Å². The van der Waals surface area contributed by atoms with Crippen LogP contribution in [0.1, 0.15) is 11.3 Å². The number of nitrogens with two attached hydrogens (primary N) is 1. The number of pyridine rings is 1. The lowest BCUT2D eigenvalue weighted by atomic mass is 10.0. The molecule has 4 aromatic rings. The maximum atomic E-state index is 6.21. The minimum atomic E-state index is -0.0685. The minimum absolute atomic E-state index is 0. The number of rotatable bonds is 6. The summed E-state index contributed by atoms with van der Waals surface area (Å²) in [4.78, 5) is 4.32. The van der Waals surface area contributed by atoms with Crippen LogP contribution in [0.4, 0.5) is 0 Å². The Balaban J connectivity index is 0.00000225. The Bertz CT molecular complexity index is 1050. The smallest absolute Gasteiger partial charge is 0.138 e. The van der Waals surface area contributed by atoms with Crippen molar-refractivity contribution in [1.29, 1.82) is 0 Å². The van der Waals surface area contributed by atoms with Crippen LogP contribution >= 0.6 is 12.4 Å². The second kappa shape index (κ2) is 8.87. The molecular weight excluding hydrogens is 372 g/mol. The highest BCUT2D eigenvalue weighted by Crippen LogP contribution is 2.27. The molecule has 0 unspecified atom stereocenters. The number of halogens is 1. The molecule has 0 radical (unpaired) electrons. The van der Waals surface area contributed by atoms with Gasteiger partial charge in [-0.05, 0) is 42.7 Å². The van der Waals surface area contributed by atoms with Gasteiger partial charge < -0.3 is 10.5 Å². The van der Waals surface area contributed by atoms with Crippen LogP contribution in [0.25, 0.3) is 22.0 Å². The third-order valence-corrected chi connectivity index (χ3v) is 4.60. The number of aromatic amines is 1. The summed E-state index contributed by atoms with van der Waals surface area (Å²) in [5, 5.41) is 8.40. The first-order chi connectivity index (χ1) is 13.2. The second-order valence-corrected chi connectivity index (χ2v) is 6.75. The summed E-state index contributed by atoms with van der Waals surface area (Å²) in [6, 6.07) is 18.3. The predicted molar refractivity (Wildman–Crippen MR) is 115 cm³/mol. The molecule has 1 atom stereocenters. The molecular formula is C22H23ClN4O. The van der Waals surface area contributed by atoms with E-state index in [-0.39, 0.29) is 18.4 Å². The molecule has 0 aliphatic heterocycles. The zero-order valence-electron chi connectivity index (χ0n) is 15.6. The topological polar surface area (TPSA) is 76.8 Å². The van der Waals surface area contributed by atoms with E-state index in [4.69, 9.17) is 10.5 Å². The second-order valence-electron chi connectivity index (χ2n) is 6.75. The fraction of sp³-hybridized carbons (Fsp3) is 0.182. The number of H-pyrrole nitrogens is 1. The van der Waals surface area contributed by atoms with E-state index in [0.717, 1.165) is 39.9 Å². The van der Waals surface area contributed by atoms with Crippen molar-refractivity contribution in [1.82, 2.24) is 15.2 Å². The molecule has 0 fully saturated rings. The van der Waals surface area contributed by atoms with E-state index in [1.54, 1.807) is 6.20 Å². The van der Waals surface area contributed by atoms with Crippen LogP contribution in [0.2, 0.25) is 0 Å². The average molecular weight is 395 g/mol. The molecule has 2 heterocycles. The molecule has 144 valence electrons. The highest BCUT2D eigenvalue weighted by atomic mass is 35.5. The van der Waals surface area contributed by atoms with Crippen LogP contribution in [0.15, 0.2) is 67.0 Å². The van der Waals surface area contributed by atoms with Crippen LogP contribution in [-0.4, -0.2) is 27.8 Å². The van der Waals surface area contributed by atoms with E-state index in [1.807, 2.05) is 49.5 Å². The SMILES string of the molecule is Cc1[nH]nc2ccc(-c3cncc(OC[C@@H](N)Cc4ccccc4)c3)cc12.Cl. The third-order valence-electron chi connectivity index (χ3n) is 4.60. The van der Waals surface area contributed by atoms with E-state index >= 15 is 0 Å². The van der Waals surface area contributed by atoms with Gasteiger partial charge in [0.25, 0.3) is 0 Å². The van der Waals surface area contributed by atoms with E-state index < -0.39 is 0 Å². The number of aromatic nitrogens is 3. The van der Waals surface area contributed by atoms with Gasteiger partial charge in [0.05, 0.1) is 11.7 Å². The zero-order valence-corrected chi connectivity index (χ0v) is 16.4. The van der Waals surface area contributed by atoms with Gasteiger partial charge in [0.15, 0.2) is 0 Å². The van der Waals surface area contributed by atoms with Crippen molar-refractivity contribution in [2.24, 2.45) is 5.73 Å². The molecule has 28 heavy (non-hydrogen) atoms. The maximum Gasteiger partial charge on any atom is 0.138 e. The lowest BCUT2D eigenvalue weighted by molar-refractivity contribution is 0.286. The lowest BCUT2D eigenvalue weighted by Crippen LogP contribution is -2.30. The van der Waals surface area contributed by atoms with E-state index in [9.17, 15) is 0 Å². The van der Waals surface area contributed by atoms with Crippen LogP contribution in [0.5, 0.6) is 5.75 Å². The highest BCUT2D eigenvalue weighted by molar-refractivity contribution is 5.86. The summed E-state index contributed by atoms with van der Waals surface area (Å²) < 4.78 is 5.89. The maximum absolute atomic E-state index is 6.21. The van der Waals surface area contributed by atoms with Gasteiger partial charge in [0, 0.05) is 28.9 Å². The first kappa shape index (κ1) is 19.9. The summed E-state index contributed by atoms with van der Waals surface area (Å²) in [7, 11) is 0. The van der Waals surface area contributed by atoms with Crippen LogP contribution < -0.4 is 10.5 Å². The molecule has 0 aliphatic rings. The summed E-state index contributed by atoms with van der Waals surface area (Å²) in [5.74, 6) is 0.722. The van der Waals surface area contributed by atoms with Gasteiger partial charge in [-0.2, -0.15) is 5.10 Å². The molecule has 0 bridgehead atoms. The van der Waals surface area contributed by atoms with Gasteiger partial charge in [0.1, 0.15) is 12.4 Å². The molecule has 2 aromatic heterocycles. The van der Waals surface area contributed by atoms with Crippen molar-refractivity contribution in [2.45, 2.75) is 19.4 Å². The number of ether oxygens (including phenoxy) is 1. The van der Waals surface area contributed by atoms with Crippen molar-refractivity contribution in [2.75, 3.05) is 6.61 Å². The van der Waals surface area contributed by atoms with Gasteiger partial charge in [0.2, 0.25) is 0 Å². The fourth-order valence-electron chi connectivity index (χ4n) is 3.15. The van der Waals surface area contributed by atoms with E-state index in [0.29, 0.717) is 6.61 Å². The van der Waals surface area contributed by atoms with Crippen molar-refractivity contribution in [3.05, 3.63) is 78.2 Å². The number of fused-ring (bicyclic) bond motifs is 1. The summed E-state index contributed by atoms with van der Waals surface area (Å²) in [5.41, 5.74) is 11.5. The van der Waals surface area contributed by atoms with Gasteiger partial charge in [-0.3, -0.25) is 10.1 Å². The summed E-state index contributed by atoms with van der Waals surface area (Å²) in [6.07, 6.45) is 4.35. The number of aryl methyl sites for hydroxylation is 1. The Morgan fingerprint density at radius 2 is 1.86 bits per heavy atom. The monoisotopic (exact) mass is 394 g/mol. The first-order valence-electron chi connectivity index (χ1n) is 9.01. The van der Waals surface area contributed by atoms with Crippen molar-refractivity contribution in [3.63, 3.8) is 0 Å². The number of nitrogens with one attached hydrogen (secondary N) is 1. The first-order valence-corrected chi connectivity index (χ1v) is 9.01. The molecule has 0 aliphatic carbocycles. The van der Waals surface area contributed by atoms with Crippen LogP contribution in [0.3, 0.4) is 0 Å². The molecule has 6 heteroatoms. The molecule has 0 spiro atoms. The molecule has 5 nitrogen and oxygen atoms in total. The van der Waals surface area contributed by atoms with Gasteiger partial charge in [-0.25, -0.2) is 0 Å². The highest BCUT2D eigenvalue weighted by Gasteiger charge is 2.08. The lowest BCUT2D eigenvalue weighted by Gasteiger charge is -2.14. The zero-order chi connectivity index (χ0) is 18.6. The van der Waals surface area contributed by atoms with Crippen LogP contribution in [-0.2, 0) is 6.42 Å². The van der Waals surface area contributed by atoms with E-state index in [2.05, 4.69) is 33.4 Å². The average Bonchev–Trinajstić information content (AvgIpc) is 3.08. The fourth-order valence-corrected chi connectivity index (χ4v) is 3.15. The predicted octanol–water partition coefficient (Wildman–Crippen LogP) is 4.30. The number of nitrogens with zero attached hydrogens (tertiary/aromatic N) is 2. The number of hydrogen-bond donors (Lipinski definition) is 2. The standard InChI is InChI=1S/C22H22N4O.ClH/c1-15-21-11-17(7-8-22(21)26-25-15)18-10-20(13-24-12-18)27-14-19(23)9-16-5-3-2-4-6-16;/h2-8,10-13,19H,9,14,23H2,1H3,(H,25,26);1H/t19-;/m0./s1. The van der Waals surface area contributed by atoms with Crippen molar-refractivity contribution >= 4 is 23.3 Å². The molecule has 3 N–H and O–H groups in total. The Morgan fingerprint density at radius 1 is 1.04 bits per heavy atom. The Kier molecular flexibility index (Phi) is 6.29. The molecule has 0 amide bonds. The third kappa shape index (κ3) is 4.50. The van der Waals surface area contributed by atoms with Gasteiger partial charge in [-0.15, -0.1) is 12.4 Å². The van der Waals surface area contributed by atoms with Gasteiger partial charge >= 0.3 is 0 Å². The summed E-state index contributed by atoms with van der Waals surface area (Å²) >= 11 is 0. The molecule has 0 saturated carbocycles. The summed E-state index contributed by atoms with van der Waals surface area (Å²) in [6.45, 7) is 2.46. The molecule has 0 saturated heterocycles. The Hall–Kier alpha value is -2.89. The minimum Gasteiger partial charge on any atom is -0.490 e. The quantitative estimate of drug-likeness (QED) is 0.511. The normalized spacial score (nSPS) is 11.8. The van der Waals surface area contributed by atoms with Gasteiger partial charge in [-0.1, -0.05) is 36.4 Å². The van der Waals surface area contributed by atoms with Crippen molar-refractivity contribution in [3.8, 4) is 16.9 Å².